The first-order chi connectivity index (χ1) is 10.5. The fourth-order valence-corrected chi connectivity index (χ4v) is 2.84. The van der Waals surface area contributed by atoms with Crippen LogP contribution in [0.3, 0.4) is 0 Å². The third kappa shape index (κ3) is 5.17. The van der Waals surface area contributed by atoms with E-state index in [1.165, 1.54) is 17.1 Å². The maximum atomic E-state index is 11.5. The van der Waals surface area contributed by atoms with E-state index in [1.807, 2.05) is 0 Å². The third-order valence-corrected chi connectivity index (χ3v) is 8.93. The molecule has 0 fully saturated rings. The van der Waals surface area contributed by atoms with Crippen LogP contribution >= 0.6 is 0 Å². The average molecular weight is 342 g/mol. The van der Waals surface area contributed by atoms with E-state index in [0.717, 1.165) is 4.90 Å². The van der Waals surface area contributed by atoms with Gasteiger partial charge in [-0.05, 0) is 18.1 Å². The summed E-state index contributed by atoms with van der Waals surface area (Å²) in [7, 11) is -1.93. The van der Waals surface area contributed by atoms with Crippen molar-refractivity contribution in [1.29, 1.82) is 0 Å². The first kappa shape index (κ1) is 19.4. The summed E-state index contributed by atoms with van der Waals surface area (Å²) in [5.74, 6) is -0.810. The van der Waals surface area contributed by atoms with E-state index in [1.54, 1.807) is 0 Å². The van der Waals surface area contributed by atoms with Gasteiger partial charge in [-0.1, -0.05) is 20.8 Å². The molecule has 0 unspecified atom stereocenters. The highest BCUT2D eigenvalue weighted by molar-refractivity contribution is 6.74. The summed E-state index contributed by atoms with van der Waals surface area (Å²) in [6.07, 6.45) is 1.29. The summed E-state index contributed by atoms with van der Waals surface area (Å²) < 4.78 is 5.96. The third-order valence-electron chi connectivity index (χ3n) is 4.39. The molecule has 1 aliphatic heterocycles. The standard InChI is InChI=1S/C15H26N2O5Si/c1-15(2,3)23(4,5)22-11-10-16(14(20)21)8-9-17-12(18)6-7-13(17)19/h6-7H,8-11H2,1-5H3,(H,20,21). The van der Waals surface area contributed by atoms with Gasteiger partial charge in [-0.3, -0.25) is 14.5 Å². The first-order valence-corrected chi connectivity index (χ1v) is 10.5. The minimum atomic E-state index is -1.93. The molecule has 0 aromatic heterocycles. The van der Waals surface area contributed by atoms with Crippen LogP contribution in [0.4, 0.5) is 4.79 Å². The number of hydrogen-bond acceptors (Lipinski definition) is 4. The maximum absolute atomic E-state index is 11.5. The fraction of sp³-hybridized carbons (Fsp3) is 0.667. The van der Waals surface area contributed by atoms with Gasteiger partial charge in [0, 0.05) is 31.8 Å². The van der Waals surface area contributed by atoms with Crippen molar-refractivity contribution in [3.8, 4) is 0 Å². The lowest BCUT2D eigenvalue weighted by molar-refractivity contribution is -0.136. The second kappa shape index (κ2) is 7.27. The van der Waals surface area contributed by atoms with Gasteiger partial charge in [0.1, 0.15) is 0 Å². The number of hydrogen-bond donors (Lipinski definition) is 1. The van der Waals surface area contributed by atoms with Gasteiger partial charge in [-0.15, -0.1) is 0 Å². The highest BCUT2D eigenvalue weighted by Gasteiger charge is 2.37. The van der Waals surface area contributed by atoms with Gasteiger partial charge in [-0.25, -0.2) is 4.79 Å². The van der Waals surface area contributed by atoms with E-state index in [4.69, 9.17) is 4.43 Å². The Morgan fingerprint density at radius 3 is 2.17 bits per heavy atom. The monoisotopic (exact) mass is 342 g/mol. The number of nitrogens with zero attached hydrogens (tertiary/aromatic N) is 2. The van der Waals surface area contributed by atoms with Crippen molar-refractivity contribution in [2.45, 2.75) is 38.9 Å². The second-order valence-electron chi connectivity index (χ2n) is 7.04. The molecule has 7 nitrogen and oxygen atoms in total. The van der Waals surface area contributed by atoms with Crippen LogP contribution in [0.1, 0.15) is 20.8 Å². The summed E-state index contributed by atoms with van der Waals surface area (Å²) in [5, 5.41) is 9.30. The predicted molar refractivity (Wildman–Crippen MR) is 88.6 cm³/mol. The molecule has 0 bridgehead atoms. The van der Waals surface area contributed by atoms with Gasteiger partial charge >= 0.3 is 6.09 Å². The van der Waals surface area contributed by atoms with E-state index < -0.39 is 26.2 Å². The lowest BCUT2D eigenvalue weighted by Crippen LogP contribution is -2.45. The summed E-state index contributed by atoms with van der Waals surface area (Å²) in [6, 6.07) is 0. The number of carboxylic acid groups (broad SMARTS) is 1. The Bertz CT molecular complexity index is 492. The molecular formula is C15H26N2O5Si. The lowest BCUT2D eigenvalue weighted by Gasteiger charge is -2.36. The van der Waals surface area contributed by atoms with Crippen molar-refractivity contribution in [2.24, 2.45) is 0 Å². The van der Waals surface area contributed by atoms with Gasteiger partial charge in [-0.2, -0.15) is 0 Å². The molecule has 1 N–H and O–H groups in total. The summed E-state index contributed by atoms with van der Waals surface area (Å²) >= 11 is 0. The lowest BCUT2D eigenvalue weighted by atomic mass is 10.2. The van der Waals surface area contributed by atoms with Gasteiger partial charge < -0.3 is 14.4 Å². The summed E-state index contributed by atoms with van der Waals surface area (Å²) in [5.41, 5.74) is 0. The van der Waals surface area contributed by atoms with Crippen LogP contribution in [0.15, 0.2) is 12.2 Å². The van der Waals surface area contributed by atoms with Crippen LogP contribution in [0, 0.1) is 0 Å². The highest BCUT2D eigenvalue weighted by Crippen LogP contribution is 2.36. The molecule has 0 atom stereocenters. The Morgan fingerprint density at radius 2 is 1.74 bits per heavy atom. The molecule has 1 rings (SSSR count). The molecule has 0 saturated carbocycles. The van der Waals surface area contributed by atoms with Crippen molar-refractivity contribution < 1.29 is 23.9 Å². The summed E-state index contributed by atoms with van der Waals surface area (Å²) in [6.45, 7) is 11.2. The Morgan fingerprint density at radius 1 is 1.22 bits per heavy atom. The van der Waals surface area contributed by atoms with E-state index in [0.29, 0.717) is 6.61 Å². The molecule has 0 aromatic carbocycles. The average Bonchev–Trinajstić information content (AvgIpc) is 2.71. The van der Waals surface area contributed by atoms with Crippen LogP contribution in [0.25, 0.3) is 0 Å². The molecule has 0 radical (unpaired) electrons. The van der Waals surface area contributed by atoms with Gasteiger partial charge in [0.2, 0.25) is 0 Å². The molecule has 3 amide bonds. The van der Waals surface area contributed by atoms with E-state index in [9.17, 15) is 19.5 Å². The fourth-order valence-electron chi connectivity index (χ4n) is 1.80. The molecule has 23 heavy (non-hydrogen) atoms. The molecule has 0 saturated heterocycles. The number of carbonyl (C=O) groups excluding carboxylic acids is 2. The van der Waals surface area contributed by atoms with Gasteiger partial charge in [0.15, 0.2) is 8.32 Å². The maximum Gasteiger partial charge on any atom is 0.407 e. The van der Waals surface area contributed by atoms with Gasteiger partial charge in [0.25, 0.3) is 11.8 Å². The van der Waals surface area contributed by atoms with Crippen molar-refractivity contribution in [3.63, 3.8) is 0 Å². The van der Waals surface area contributed by atoms with Crippen LogP contribution in [0.2, 0.25) is 18.1 Å². The minimum Gasteiger partial charge on any atom is -0.465 e. The number of imide groups is 1. The zero-order valence-electron chi connectivity index (χ0n) is 14.5. The molecule has 0 aromatic rings. The molecule has 1 aliphatic rings. The van der Waals surface area contributed by atoms with E-state index >= 15 is 0 Å². The normalized spacial score (nSPS) is 15.4. The quantitative estimate of drug-likeness (QED) is 0.564. The Balaban J connectivity index is 2.49. The first-order valence-electron chi connectivity index (χ1n) is 7.61. The summed E-state index contributed by atoms with van der Waals surface area (Å²) in [4.78, 5) is 36.4. The zero-order valence-corrected chi connectivity index (χ0v) is 15.5. The van der Waals surface area contributed by atoms with Crippen LogP contribution < -0.4 is 0 Å². The minimum absolute atomic E-state index is 0.0526. The zero-order chi connectivity index (χ0) is 17.8. The predicted octanol–water partition coefficient (Wildman–Crippen LogP) is 1.91. The molecule has 130 valence electrons. The van der Waals surface area contributed by atoms with Crippen molar-refractivity contribution in [2.75, 3.05) is 26.2 Å². The number of rotatable bonds is 7. The van der Waals surface area contributed by atoms with Crippen LogP contribution in [-0.2, 0) is 14.0 Å². The van der Waals surface area contributed by atoms with Gasteiger partial charge in [0.05, 0.1) is 6.61 Å². The smallest absolute Gasteiger partial charge is 0.407 e. The SMILES string of the molecule is CC(C)(C)[Si](C)(C)OCCN(CCN1C(=O)C=CC1=O)C(=O)O. The Labute approximate surface area is 138 Å². The number of amides is 3. The van der Waals surface area contributed by atoms with Crippen molar-refractivity contribution >= 4 is 26.2 Å². The topological polar surface area (TPSA) is 87.2 Å². The van der Waals surface area contributed by atoms with E-state index in [-0.39, 0.29) is 24.7 Å². The van der Waals surface area contributed by atoms with E-state index in [2.05, 4.69) is 33.9 Å². The second-order valence-corrected chi connectivity index (χ2v) is 11.8. The number of carbonyl (C=O) groups is 3. The van der Waals surface area contributed by atoms with Crippen molar-refractivity contribution in [3.05, 3.63) is 12.2 Å². The largest absolute Gasteiger partial charge is 0.465 e. The Hall–Kier alpha value is -1.67. The van der Waals surface area contributed by atoms with Crippen molar-refractivity contribution in [1.82, 2.24) is 9.80 Å². The molecule has 1 heterocycles. The van der Waals surface area contributed by atoms with Crippen LogP contribution in [-0.4, -0.2) is 67.4 Å². The molecular weight excluding hydrogens is 316 g/mol. The Kier molecular flexibility index (Phi) is 6.12. The van der Waals surface area contributed by atoms with Crippen LogP contribution in [0.5, 0.6) is 0 Å². The molecule has 8 heteroatoms. The molecule has 0 aliphatic carbocycles. The molecule has 0 spiro atoms. The highest BCUT2D eigenvalue weighted by atomic mass is 28.4.